The third-order valence-electron chi connectivity index (χ3n) is 3.24. The second-order valence-electron chi connectivity index (χ2n) is 4.73. The van der Waals surface area contributed by atoms with E-state index >= 15 is 0 Å². The zero-order valence-corrected chi connectivity index (χ0v) is 11.8. The zero-order valence-electron chi connectivity index (χ0n) is 11.8. The molecule has 0 aliphatic carbocycles. The van der Waals surface area contributed by atoms with E-state index in [-0.39, 0.29) is 17.2 Å². The summed E-state index contributed by atoms with van der Waals surface area (Å²) in [6, 6.07) is -0.401. The van der Waals surface area contributed by atoms with Crippen LogP contribution in [0.4, 0.5) is 5.82 Å². The Morgan fingerprint density at radius 1 is 1.55 bits per heavy atom. The van der Waals surface area contributed by atoms with E-state index in [4.69, 9.17) is 4.74 Å². The number of nitrogens with zero attached hydrogens (tertiary/aromatic N) is 3. The van der Waals surface area contributed by atoms with Crippen molar-refractivity contribution in [2.75, 3.05) is 45.7 Å². The van der Waals surface area contributed by atoms with Crippen molar-refractivity contribution >= 4 is 11.7 Å². The number of carbonyl (C=O) groups excluding carboxylic acids is 1. The number of methoxy groups -OCH3 is 1. The Morgan fingerprint density at radius 2 is 2.30 bits per heavy atom. The summed E-state index contributed by atoms with van der Waals surface area (Å²) in [5.74, 6) is 0.491. The van der Waals surface area contributed by atoms with E-state index in [1.54, 1.807) is 14.1 Å². The van der Waals surface area contributed by atoms with E-state index in [1.807, 2.05) is 4.90 Å². The van der Waals surface area contributed by atoms with E-state index in [1.165, 1.54) is 18.3 Å². The minimum absolute atomic E-state index is 0.0404. The number of H-pyrrole nitrogens is 1. The summed E-state index contributed by atoms with van der Waals surface area (Å²) < 4.78 is 5.12. The molecule has 1 aliphatic rings. The lowest BCUT2D eigenvalue weighted by molar-refractivity contribution is -0.130. The first-order valence-corrected chi connectivity index (χ1v) is 6.36. The molecule has 2 heterocycles. The number of ether oxygens (including phenoxy) is 1. The van der Waals surface area contributed by atoms with E-state index < -0.39 is 6.04 Å². The maximum absolute atomic E-state index is 12.3. The molecule has 20 heavy (non-hydrogen) atoms. The van der Waals surface area contributed by atoms with Crippen LogP contribution < -0.4 is 20.5 Å². The predicted molar refractivity (Wildman–Crippen MR) is 74.1 cm³/mol. The van der Waals surface area contributed by atoms with Gasteiger partial charge in [-0.2, -0.15) is 0 Å². The van der Waals surface area contributed by atoms with Gasteiger partial charge in [0.25, 0.3) is 5.56 Å². The van der Waals surface area contributed by atoms with Crippen LogP contribution in [-0.2, 0) is 4.79 Å². The van der Waals surface area contributed by atoms with E-state index in [0.29, 0.717) is 18.9 Å². The lowest BCUT2D eigenvalue weighted by Gasteiger charge is -2.37. The summed E-state index contributed by atoms with van der Waals surface area (Å²) in [6.45, 7) is 1.81. The van der Waals surface area contributed by atoms with Crippen molar-refractivity contribution in [3.8, 4) is 5.75 Å². The molecule has 1 aromatic rings. The molecular weight excluding hydrogens is 262 g/mol. The smallest absolute Gasteiger partial charge is 0.295 e. The van der Waals surface area contributed by atoms with Crippen molar-refractivity contribution in [2.45, 2.75) is 6.04 Å². The Morgan fingerprint density at radius 3 is 2.95 bits per heavy atom. The molecular formula is C12H19N5O3. The Bertz CT molecular complexity index is 542. The normalized spacial score (nSPS) is 18.8. The third-order valence-corrected chi connectivity index (χ3v) is 3.24. The number of hydrogen-bond donors (Lipinski definition) is 2. The summed E-state index contributed by atoms with van der Waals surface area (Å²) in [5.41, 5.74) is -0.355. The summed E-state index contributed by atoms with van der Waals surface area (Å²) in [7, 11) is 4.83. The highest BCUT2D eigenvalue weighted by atomic mass is 16.5. The molecule has 1 atom stereocenters. The summed E-state index contributed by atoms with van der Waals surface area (Å²) in [6.07, 6.45) is 1.32. The highest BCUT2D eigenvalue weighted by Crippen LogP contribution is 2.23. The SMILES string of the molecule is COc1c(N2CCNCC2C(=O)N(C)C)nc[nH]c1=O. The van der Waals surface area contributed by atoms with Crippen LogP contribution in [0.15, 0.2) is 11.1 Å². The molecule has 1 fully saturated rings. The first kappa shape index (κ1) is 14.3. The topological polar surface area (TPSA) is 90.6 Å². The molecule has 2 rings (SSSR count). The fraction of sp³-hybridized carbons (Fsp3) is 0.583. The van der Waals surface area contributed by atoms with Gasteiger partial charge in [0, 0.05) is 33.7 Å². The molecule has 0 aromatic carbocycles. The standard InChI is InChI=1S/C12H19N5O3/c1-16(2)12(19)8-6-13-4-5-17(8)10-9(20-3)11(18)15-7-14-10/h7-8,13H,4-6H2,1-3H3,(H,14,15,18). The van der Waals surface area contributed by atoms with Gasteiger partial charge in [0.05, 0.1) is 13.4 Å². The van der Waals surface area contributed by atoms with Gasteiger partial charge in [-0.25, -0.2) is 4.98 Å². The molecule has 2 N–H and O–H groups in total. The van der Waals surface area contributed by atoms with Gasteiger partial charge in [0.1, 0.15) is 6.04 Å². The van der Waals surface area contributed by atoms with Crippen LogP contribution in [0, 0.1) is 0 Å². The molecule has 0 radical (unpaired) electrons. The van der Waals surface area contributed by atoms with E-state index in [9.17, 15) is 9.59 Å². The highest BCUT2D eigenvalue weighted by molar-refractivity contribution is 5.85. The number of piperazine rings is 1. The number of aromatic nitrogens is 2. The molecule has 8 nitrogen and oxygen atoms in total. The van der Waals surface area contributed by atoms with Crippen LogP contribution in [0.25, 0.3) is 0 Å². The van der Waals surface area contributed by atoms with Gasteiger partial charge in [-0.3, -0.25) is 9.59 Å². The molecule has 1 amide bonds. The van der Waals surface area contributed by atoms with E-state index in [0.717, 1.165) is 6.54 Å². The third kappa shape index (κ3) is 2.60. The number of nitrogens with one attached hydrogen (secondary N) is 2. The van der Waals surface area contributed by atoms with Crippen molar-refractivity contribution in [1.82, 2.24) is 20.2 Å². The van der Waals surface area contributed by atoms with Gasteiger partial charge < -0.3 is 24.8 Å². The fourth-order valence-corrected chi connectivity index (χ4v) is 2.24. The number of rotatable bonds is 3. The molecule has 0 saturated carbocycles. The average molecular weight is 281 g/mol. The number of anilines is 1. The van der Waals surface area contributed by atoms with Gasteiger partial charge in [0.2, 0.25) is 11.7 Å². The summed E-state index contributed by atoms with van der Waals surface area (Å²) in [5, 5.41) is 3.18. The van der Waals surface area contributed by atoms with Crippen LogP contribution >= 0.6 is 0 Å². The molecule has 8 heteroatoms. The molecule has 0 spiro atoms. The van der Waals surface area contributed by atoms with Gasteiger partial charge >= 0.3 is 0 Å². The van der Waals surface area contributed by atoms with Crippen LogP contribution in [-0.4, -0.2) is 67.7 Å². The van der Waals surface area contributed by atoms with Gasteiger partial charge in [-0.15, -0.1) is 0 Å². The number of carbonyl (C=O) groups is 1. The zero-order chi connectivity index (χ0) is 14.7. The van der Waals surface area contributed by atoms with E-state index in [2.05, 4.69) is 15.3 Å². The lowest BCUT2D eigenvalue weighted by atomic mass is 10.1. The van der Waals surface area contributed by atoms with Crippen LogP contribution in [0.2, 0.25) is 0 Å². The van der Waals surface area contributed by atoms with Gasteiger partial charge in [0.15, 0.2) is 5.82 Å². The number of aromatic amines is 1. The number of likely N-dealkylation sites (N-methyl/N-ethyl adjacent to an activating group) is 1. The minimum atomic E-state index is -0.401. The minimum Gasteiger partial charge on any atom is -0.489 e. The Balaban J connectivity index is 2.40. The first-order chi connectivity index (χ1) is 9.56. The van der Waals surface area contributed by atoms with Crippen LogP contribution in [0.1, 0.15) is 0 Å². The number of amides is 1. The monoisotopic (exact) mass is 281 g/mol. The Hall–Kier alpha value is -2.09. The lowest BCUT2D eigenvalue weighted by Crippen LogP contribution is -2.58. The fourth-order valence-electron chi connectivity index (χ4n) is 2.24. The van der Waals surface area contributed by atoms with Crippen LogP contribution in [0.3, 0.4) is 0 Å². The van der Waals surface area contributed by atoms with Crippen molar-refractivity contribution in [3.63, 3.8) is 0 Å². The largest absolute Gasteiger partial charge is 0.489 e. The average Bonchev–Trinajstić information content (AvgIpc) is 2.46. The molecule has 110 valence electrons. The Labute approximate surface area is 116 Å². The summed E-state index contributed by atoms with van der Waals surface area (Å²) >= 11 is 0. The van der Waals surface area contributed by atoms with Gasteiger partial charge in [-0.1, -0.05) is 0 Å². The van der Waals surface area contributed by atoms with Crippen molar-refractivity contribution in [3.05, 3.63) is 16.7 Å². The highest BCUT2D eigenvalue weighted by Gasteiger charge is 2.32. The van der Waals surface area contributed by atoms with Crippen molar-refractivity contribution in [2.24, 2.45) is 0 Å². The van der Waals surface area contributed by atoms with Crippen molar-refractivity contribution < 1.29 is 9.53 Å². The maximum atomic E-state index is 12.3. The predicted octanol–water partition coefficient (Wildman–Crippen LogP) is -1.36. The Kier molecular flexibility index (Phi) is 4.23. The first-order valence-electron chi connectivity index (χ1n) is 6.36. The second kappa shape index (κ2) is 5.91. The molecule has 1 unspecified atom stereocenters. The molecule has 1 saturated heterocycles. The van der Waals surface area contributed by atoms with Crippen LogP contribution in [0.5, 0.6) is 5.75 Å². The maximum Gasteiger partial charge on any atom is 0.295 e. The molecule has 1 aliphatic heterocycles. The van der Waals surface area contributed by atoms with Crippen molar-refractivity contribution in [1.29, 1.82) is 0 Å². The quantitative estimate of drug-likeness (QED) is 0.711. The summed E-state index contributed by atoms with van der Waals surface area (Å²) in [4.78, 5) is 34.0. The van der Waals surface area contributed by atoms with Gasteiger partial charge in [-0.05, 0) is 0 Å². The second-order valence-corrected chi connectivity index (χ2v) is 4.73. The molecule has 0 bridgehead atoms. The molecule has 1 aromatic heterocycles. The number of hydrogen-bond acceptors (Lipinski definition) is 6.